The van der Waals surface area contributed by atoms with Crippen molar-refractivity contribution >= 4 is 56.1 Å². The Morgan fingerprint density at radius 1 is 1.29 bits per heavy atom. The van der Waals surface area contributed by atoms with Crippen LogP contribution in [-0.4, -0.2) is 31.5 Å². The Morgan fingerprint density at radius 2 is 2.03 bits per heavy atom. The first kappa shape index (κ1) is 23.4. The molecule has 34 heavy (non-hydrogen) atoms. The number of aryl methyl sites for hydroxylation is 2. The van der Waals surface area contributed by atoms with Crippen LogP contribution in [0, 0.1) is 24.0 Å². The van der Waals surface area contributed by atoms with Gasteiger partial charge in [-0.05, 0) is 32.0 Å². The number of nitro groups is 1. The summed E-state index contributed by atoms with van der Waals surface area (Å²) in [5.74, 6) is -1.51. The molecule has 0 aliphatic rings. The Hall–Kier alpha value is -3.78. The Morgan fingerprint density at radius 3 is 2.59 bits per heavy atom. The van der Waals surface area contributed by atoms with Crippen LogP contribution >= 0.6 is 22.7 Å². The molecule has 0 aliphatic carbocycles. The van der Waals surface area contributed by atoms with Gasteiger partial charge in [0.15, 0.2) is 0 Å². The third-order valence-corrected chi connectivity index (χ3v) is 6.95. The molecule has 0 radical (unpaired) electrons. The number of hydrogen-bond donors (Lipinski definition) is 2. The lowest BCUT2D eigenvalue weighted by Crippen LogP contribution is -2.21. The second kappa shape index (κ2) is 8.87. The quantitative estimate of drug-likeness (QED) is 0.280. The minimum atomic E-state index is -2.85. The molecule has 2 amide bonds. The monoisotopic (exact) mass is 506 g/mol. The zero-order valence-corrected chi connectivity index (χ0v) is 19.3. The summed E-state index contributed by atoms with van der Waals surface area (Å²) in [6, 6.07) is 4.80. The van der Waals surface area contributed by atoms with Gasteiger partial charge in [0.1, 0.15) is 33.8 Å². The van der Waals surface area contributed by atoms with Gasteiger partial charge >= 0.3 is 5.69 Å². The molecule has 0 aliphatic heterocycles. The largest absolute Gasteiger partial charge is 0.365 e. The standard InChI is InChI=1S/C20H16F2N6O4S2/c1-8-3-4-13(33-8)10-5-11(18(21)22)24-20-15(10)16(17(34-20)19(23)30)25-14(29)7-27-6-12(28(31)32)9(2)26-27/h3-6,18H,7H2,1-2H3,(H2,23,30)(H,25,29). The molecule has 4 heterocycles. The lowest BCUT2D eigenvalue weighted by molar-refractivity contribution is -0.385. The van der Waals surface area contributed by atoms with Gasteiger partial charge in [0.05, 0.1) is 10.6 Å². The Balaban J connectivity index is 1.81. The smallest absolute Gasteiger partial charge is 0.309 e. The minimum Gasteiger partial charge on any atom is -0.365 e. The maximum Gasteiger partial charge on any atom is 0.309 e. The van der Waals surface area contributed by atoms with Crippen LogP contribution in [0.3, 0.4) is 0 Å². The molecule has 0 bridgehead atoms. The third kappa shape index (κ3) is 4.36. The number of rotatable bonds is 7. The molecule has 176 valence electrons. The molecule has 4 aromatic rings. The number of pyridine rings is 1. The summed E-state index contributed by atoms with van der Waals surface area (Å²) in [5, 5.41) is 17.9. The average molecular weight is 507 g/mol. The fourth-order valence-electron chi connectivity index (χ4n) is 3.39. The fourth-order valence-corrected chi connectivity index (χ4v) is 5.29. The number of primary amides is 1. The number of nitrogens with one attached hydrogen (secondary N) is 1. The second-order valence-corrected chi connectivity index (χ2v) is 9.55. The van der Waals surface area contributed by atoms with Crippen LogP contribution in [0.4, 0.5) is 20.2 Å². The van der Waals surface area contributed by atoms with E-state index in [-0.39, 0.29) is 33.3 Å². The first-order valence-corrected chi connectivity index (χ1v) is 11.3. The van der Waals surface area contributed by atoms with E-state index in [2.05, 4.69) is 15.4 Å². The first-order valence-electron chi connectivity index (χ1n) is 9.65. The number of anilines is 1. The van der Waals surface area contributed by atoms with Crippen molar-refractivity contribution in [1.29, 1.82) is 0 Å². The normalized spacial score (nSPS) is 11.3. The van der Waals surface area contributed by atoms with Crippen LogP contribution < -0.4 is 11.1 Å². The van der Waals surface area contributed by atoms with Crippen LogP contribution in [0.2, 0.25) is 0 Å². The van der Waals surface area contributed by atoms with E-state index >= 15 is 0 Å². The van der Waals surface area contributed by atoms with E-state index in [1.54, 1.807) is 6.07 Å². The maximum atomic E-state index is 13.5. The van der Waals surface area contributed by atoms with E-state index < -0.39 is 28.9 Å². The molecule has 14 heteroatoms. The summed E-state index contributed by atoms with van der Waals surface area (Å²) < 4.78 is 28.2. The molecule has 0 aromatic carbocycles. The summed E-state index contributed by atoms with van der Waals surface area (Å²) in [5.41, 5.74) is 5.35. The number of halogens is 2. The number of carbonyl (C=O) groups is 2. The molecule has 4 rings (SSSR count). The van der Waals surface area contributed by atoms with E-state index in [9.17, 15) is 28.5 Å². The van der Waals surface area contributed by atoms with Crippen molar-refractivity contribution < 1.29 is 23.3 Å². The summed E-state index contributed by atoms with van der Waals surface area (Å²) in [4.78, 5) is 41.0. The molecule has 3 N–H and O–H groups in total. The van der Waals surface area contributed by atoms with E-state index in [1.807, 2.05) is 13.0 Å². The predicted octanol–water partition coefficient (Wildman–Crippen LogP) is 4.42. The summed E-state index contributed by atoms with van der Waals surface area (Å²) in [7, 11) is 0. The van der Waals surface area contributed by atoms with Crippen molar-refractivity contribution in [2.24, 2.45) is 5.73 Å². The van der Waals surface area contributed by atoms with Gasteiger partial charge in [-0.25, -0.2) is 13.8 Å². The first-order chi connectivity index (χ1) is 16.0. The Bertz CT molecular complexity index is 1460. The number of aromatic nitrogens is 3. The minimum absolute atomic E-state index is 0.0465. The fraction of sp³-hybridized carbons (Fsp3) is 0.200. The molecule has 0 saturated carbocycles. The summed E-state index contributed by atoms with van der Waals surface area (Å²) in [6.07, 6.45) is -1.73. The Labute approximate surface area is 198 Å². The SMILES string of the molecule is Cc1ccc(-c2cc(C(F)F)nc3sc(C(N)=O)c(NC(=O)Cn4cc([N+](=O)[O-])c(C)n4)c23)s1. The van der Waals surface area contributed by atoms with Gasteiger partial charge < -0.3 is 11.1 Å². The Kier molecular flexibility index (Phi) is 6.10. The summed E-state index contributed by atoms with van der Waals surface area (Å²) >= 11 is 2.15. The molecule has 0 saturated heterocycles. The van der Waals surface area contributed by atoms with Crippen molar-refractivity contribution in [2.75, 3.05) is 5.32 Å². The van der Waals surface area contributed by atoms with Crippen LogP contribution in [-0.2, 0) is 11.3 Å². The number of alkyl halides is 2. The van der Waals surface area contributed by atoms with Crippen LogP contribution in [0.5, 0.6) is 0 Å². The topological polar surface area (TPSA) is 146 Å². The highest BCUT2D eigenvalue weighted by Crippen LogP contribution is 2.44. The number of carbonyl (C=O) groups excluding carboxylic acids is 2. The molecule has 4 aromatic heterocycles. The highest BCUT2D eigenvalue weighted by molar-refractivity contribution is 7.21. The highest BCUT2D eigenvalue weighted by Gasteiger charge is 2.26. The molecule has 0 atom stereocenters. The van der Waals surface area contributed by atoms with E-state index in [0.717, 1.165) is 27.1 Å². The zero-order chi connectivity index (χ0) is 24.7. The summed E-state index contributed by atoms with van der Waals surface area (Å²) in [6.45, 7) is 2.91. The van der Waals surface area contributed by atoms with Gasteiger partial charge in [-0.15, -0.1) is 22.7 Å². The molecule has 0 fully saturated rings. The predicted molar refractivity (Wildman–Crippen MR) is 123 cm³/mol. The molecule has 10 nitrogen and oxygen atoms in total. The van der Waals surface area contributed by atoms with Crippen molar-refractivity contribution in [3.8, 4) is 10.4 Å². The van der Waals surface area contributed by atoms with Crippen molar-refractivity contribution in [3.63, 3.8) is 0 Å². The molecule has 0 unspecified atom stereocenters. The number of nitrogens with zero attached hydrogens (tertiary/aromatic N) is 4. The van der Waals surface area contributed by atoms with Crippen molar-refractivity contribution in [2.45, 2.75) is 26.8 Å². The lowest BCUT2D eigenvalue weighted by atomic mass is 10.1. The van der Waals surface area contributed by atoms with E-state index in [1.165, 1.54) is 24.3 Å². The van der Waals surface area contributed by atoms with Gasteiger partial charge in [-0.1, -0.05) is 0 Å². The van der Waals surface area contributed by atoms with Gasteiger partial charge in [-0.3, -0.25) is 24.4 Å². The number of hydrogen-bond acceptors (Lipinski definition) is 8. The third-order valence-electron chi connectivity index (χ3n) is 4.82. The molecular formula is C20H16F2N6O4S2. The number of fused-ring (bicyclic) bond motifs is 1. The average Bonchev–Trinajstić information content (AvgIpc) is 3.44. The zero-order valence-electron chi connectivity index (χ0n) is 17.7. The highest BCUT2D eigenvalue weighted by atomic mass is 32.1. The van der Waals surface area contributed by atoms with E-state index in [4.69, 9.17) is 5.73 Å². The maximum absolute atomic E-state index is 13.5. The number of thiophene rings is 2. The van der Waals surface area contributed by atoms with Crippen molar-refractivity contribution in [3.05, 3.63) is 55.7 Å². The number of amides is 2. The van der Waals surface area contributed by atoms with Gasteiger partial charge in [0.2, 0.25) is 5.91 Å². The van der Waals surface area contributed by atoms with Gasteiger partial charge in [0.25, 0.3) is 12.3 Å². The van der Waals surface area contributed by atoms with Crippen LogP contribution in [0.1, 0.15) is 32.4 Å². The van der Waals surface area contributed by atoms with E-state index in [0.29, 0.717) is 15.8 Å². The van der Waals surface area contributed by atoms with Crippen LogP contribution in [0.25, 0.3) is 20.7 Å². The second-order valence-electron chi connectivity index (χ2n) is 7.26. The van der Waals surface area contributed by atoms with Gasteiger partial charge in [0, 0.05) is 20.7 Å². The van der Waals surface area contributed by atoms with Gasteiger partial charge in [-0.2, -0.15) is 5.10 Å². The lowest BCUT2D eigenvalue weighted by Gasteiger charge is -2.10. The van der Waals surface area contributed by atoms with Crippen molar-refractivity contribution in [1.82, 2.24) is 14.8 Å². The van der Waals surface area contributed by atoms with Crippen LogP contribution in [0.15, 0.2) is 24.4 Å². The number of nitrogens with two attached hydrogens (primary N) is 1. The molecular weight excluding hydrogens is 490 g/mol. The molecule has 0 spiro atoms.